The molecule has 1 aliphatic rings. The molecule has 0 radical (unpaired) electrons. The van der Waals surface area contributed by atoms with Gasteiger partial charge in [-0.05, 0) is 53.5 Å². The van der Waals surface area contributed by atoms with Gasteiger partial charge in [0, 0.05) is 28.8 Å². The predicted octanol–water partition coefficient (Wildman–Crippen LogP) is 3.29. The van der Waals surface area contributed by atoms with E-state index in [1.165, 1.54) is 0 Å². The molecular weight excluding hydrogens is 315 g/mol. The molecular formula is C13H15IO2. The Bertz CT molecular complexity index is 370. The van der Waals surface area contributed by atoms with Crippen molar-refractivity contribution in [3.63, 3.8) is 0 Å². The van der Waals surface area contributed by atoms with Crippen molar-refractivity contribution in [3.8, 4) is 0 Å². The summed E-state index contributed by atoms with van der Waals surface area (Å²) in [6.07, 6.45) is 2.72. The van der Waals surface area contributed by atoms with E-state index >= 15 is 0 Å². The number of carbonyl (C=O) groups excluding carboxylic acids is 1. The number of rotatable bonds is 3. The van der Waals surface area contributed by atoms with Crippen molar-refractivity contribution in [2.45, 2.75) is 19.3 Å². The standard InChI is InChI=1S/C13H15IO2/c14-12-3-1-2-11(9-12)13(15)8-10-4-6-16-7-5-10/h1-3,9-10H,4-8H2. The molecule has 1 heterocycles. The lowest BCUT2D eigenvalue weighted by molar-refractivity contribution is 0.0601. The molecule has 1 aromatic carbocycles. The van der Waals surface area contributed by atoms with Gasteiger partial charge in [0.2, 0.25) is 0 Å². The lowest BCUT2D eigenvalue weighted by Crippen LogP contribution is -2.18. The number of halogens is 1. The van der Waals surface area contributed by atoms with Crippen molar-refractivity contribution < 1.29 is 9.53 Å². The summed E-state index contributed by atoms with van der Waals surface area (Å²) in [5.74, 6) is 0.782. The highest BCUT2D eigenvalue weighted by Crippen LogP contribution is 2.21. The molecule has 1 saturated heterocycles. The molecule has 16 heavy (non-hydrogen) atoms. The summed E-state index contributed by atoms with van der Waals surface area (Å²) in [4.78, 5) is 12.0. The normalized spacial score (nSPS) is 17.3. The summed E-state index contributed by atoms with van der Waals surface area (Å²) >= 11 is 2.24. The Morgan fingerprint density at radius 3 is 2.81 bits per heavy atom. The SMILES string of the molecule is O=C(CC1CCOCC1)c1cccc(I)c1. The fourth-order valence-corrected chi connectivity index (χ4v) is 2.54. The number of hydrogen-bond acceptors (Lipinski definition) is 2. The van der Waals surface area contributed by atoms with Crippen LogP contribution in [0.5, 0.6) is 0 Å². The number of Topliss-reactive ketones (excluding diaryl/α,β-unsaturated/α-hetero) is 1. The van der Waals surface area contributed by atoms with Crippen molar-refractivity contribution in [1.82, 2.24) is 0 Å². The highest BCUT2D eigenvalue weighted by Gasteiger charge is 2.18. The lowest BCUT2D eigenvalue weighted by atomic mass is 9.92. The van der Waals surface area contributed by atoms with E-state index in [1.54, 1.807) is 0 Å². The second-order valence-corrected chi connectivity index (χ2v) is 5.44. The van der Waals surface area contributed by atoms with E-state index in [4.69, 9.17) is 4.74 Å². The summed E-state index contributed by atoms with van der Waals surface area (Å²) in [5, 5.41) is 0. The third-order valence-electron chi connectivity index (χ3n) is 2.96. The second-order valence-electron chi connectivity index (χ2n) is 4.19. The van der Waals surface area contributed by atoms with Gasteiger partial charge in [0.15, 0.2) is 5.78 Å². The first kappa shape index (κ1) is 12.0. The summed E-state index contributed by atoms with van der Waals surface area (Å²) in [6.45, 7) is 1.62. The molecule has 0 spiro atoms. The van der Waals surface area contributed by atoms with Gasteiger partial charge in [-0.3, -0.25) is 4.79 Å². The smallest absolute Gasteiger partial charge is 0.163 e. The molecule has 1 aromatic rings. The minimum atomic E-state index is 0.269. The third-order valence-corrected chi connectivity index (χ3v) is 3.63. The first-order valence-electron chi connectivity index (χ1n) is 5.62. The fourth-order valence-electron chi connectivity index (χ4n) is 1.99. The molecule has 1 fully saturated rings. The van der Waals surface area contributed by atoms with Crippen LogP contribution in [0.2, 0.25) is 0 Å². The molecule has 2 nitrogen and oxygen atoms in total. The lowest BCUT2D eigenvalue weighted by Gasteiger charge is -2.21. The van der Waals surface area contributed by atoms with E-state index in [9.17, 15) is 4.79 Å². The average molecular weight is 330 g/mol. The zero-order valence-electron chi connectivity index (χ0n) is 9.12. The summed E-state index contributed by atoms with van der Waals surface area (Å²) < 4.78 is 6.41. The summed E-state index contributed by atoms with van der Waals surface area (Å²) in [6, 6.07) is 7.82. The maximum absolute atomic E-state index is 12.0. The van der Waals surface area contributed by atoms with Crippen LogP contribution in [-0.4, -0.2) is 19.0 Å². The Kier molecular flexibility index (Phi) is 4.35. The molecule has 86 valence electrons. The van der Waals surface area contributed by atoms with E-state index in [0.29, 0.717) is 12.3 Å². The first-order chi connectivity index (χ1) is 7.75. The molecule has 0 aliphatic carbocycles. The topological polar surface area (TPSA) is 26.3 Å². The molecule has 0 bridgehead atoms. The number of benzene rings is 1. The number of ether oxygens (including phenoxy) is 1. The van der Waals surface area contributed by atoms with E-state index < -0.39 is 0 Å². The van der Waals surface area contributed by atoms with Crippen LogP contribution in [0.15, 0.2) is 24.3 Å². The fraction of sp³-hybridized carbons (Fsp3) is 0.462. The molecule has 3 heteroatoms. The summed E-state index contributed by atoms with van der Waals surface area (Å²) in [5.41, 5.74) is 0.846. The minimum Gasteiger partial charge on any atom is -0.381 e. The van der Waals surface area contributed by atoms with Crippen LogP contribution in [0, 0.1) is 9.49 Å². The number of carbonyl (C=O) groups is 1. The molecule has 2 rings (SSSR count). The quantitative estimate of drug-likeness (QED) is 0.628. The zero-order chi connectivity index (χ0) is 11.4. The molecule has 1 aliphatic heterocycles. The number of hydrogen-bond donors (Lipinski definition) is 0. The van der Waals surface area contributed by atoms with Gasteiger partial charge in [-0.2, -0.15) is 0 Å². The van der Waals surface area contributed by atoms with Gasteiger partial charge in [0.25, 0.3) is 0 Å². The Morgan fingerprint density at radius 2 is 2.12 bits per heavy atom. The highest BCUT2D eigenvalue weighted by atomic mass is 127. The Morgan fingerprint density at radius 1 is 1.38 bits per heavy atom. The highest BCUT2D eigenvalue weighted by molar-refractivity contribution is 14.1. The number of ketones is 1. The van der Waals surface area contributed by atoms with Crippen LogP contribution < -0.4 is 0 Å². The van der Waals surface area contributed by atoms with Gasteiger partial charge in [0.05, 0.1) is 0 Å². The molecule has 0 saturated carbocycles. The van der Waals surface area contributed by atoms with E-state index in [-0.39, 0.29) is 5.78 Å². The van der Waals surface area contributed by atoms with Crippen LogP contribution in [0.3, 0.4) is 0 Å². The zero-order valence-corrected chi connectivity index (χ0v) is 11.3. The maximum Gasteiger partial charge on any atom is 0.163 e. The van der Waals surface area contributed by atoms with Gasteiger partial charge in [-0.1, -0.05) is 12.1 Å². The Balaban J connectivity index is 1.97. The van der Waals surface area contributed by atoms with Crippen molar-refractivity contribution >= 4 is 28.4 Å². The van der Waals surface area contributed by atoms with Crippen molar-refractivity contribution in [2.24, 2.45) is 5.92 Å². The Hall–Kier alpha value is -0.420. The van der Waals surface area contributed by atoms with Crippen molar-refractivity contribution in [1.29, 1.82) is 0 Å². The first-order valence-corrected chi connectivity index (χ1v) is 6.70. The largest absolute Gasteiger partial charge is 0.381 e. The third kappa shape index (κ3) is 3.28. The minimum absolute atomic E-state index is 0.269. The van der Waals surface area contributed by atoms with Gasteiger partial charge >= 0.3 is 0 Å². The predicted molar refractivity (Wildman–Crippen MR) is 71.6 cm³/mol. The monoisotopic (exact) mass is 330 g/mol. The summed E-state index contributed by atoms with van der Waals surface area (Å²) in [7, 11) is 0. The van der Waals surface area contributed by atoms with Gasteiger partial charge in [-0.25, -0.2) is 0 Å². The molecule has 0 N–H and O–H groups in total. The van der Waals surface area contributed by atoms with E-state index in [1.807, 2.05) is 24.3 Å². The Labute approximate surface area is 110 Å². The second kappa shape index (κ2) is 5.77. The van der Waals surface area contributed by atoms with Crippen LogP contribution in [-0.2, 0) is 4.74 Å². The average Bonchev–Trinajstić information content (AvgIpc) is 2.30. The van der Waals surface area contributed by atoms with E-state index in [0.717, 1.165) is 35.2 Å². The van der Waals surface area contributed by atoms with E-state index in [2.05, 4.69) is 22.6 Å². The van der Waals surface area contributed by atoms with Crippen molar-refractivity contribution in [3.05, 3.63) is 33.4 Å². The van der Waals surface area contributed by atoms with Crippen LogP contribution in [0.25, 0.3) is 0 Å². The molecule has 0 atom stereocenters. The van der Waals surface area contributed by atoms with Gasteiger partial charge in [0.1, 0.15) is 0 Å². The van der Waals surface area contributed by atoms with Crippen LogP contribution >= 0.6 is 22.6 Å². The maximum atomic E-state index is 12.0. The van der Waals surface area contributed by atoms with Gasteiger partial charge in [-0.15, -0.1) is 0 Å². The van der Waals surface area contributed by atoms with Crippen LogP contribution in [0.4, 0.5) is 0 Å². The molecule has 0 unspecified atom stereocenters. The van der Waals surface area contributed by atoms with Crippen LogP contribution in [0.1, 0.15) is 29.6 Å². The molecule has 0 amide bonds. The van der Waals surface area contributed by atoms with Crippen molar-refractivity contribution in [2.75, 3.05) is 13.2 Å². The van der Waals surface area contributed by atoms with Gasteiger partial charge < -0.3 is 4.74 Å². The molecule has 0 aromatic heterocycles.